The van der Waals surface area contributed by atoms with Crippen molar-refractivity contribution in [2.75, 3.05) is 29.9 Å². The van der Waals surface area contributed by atoms with Crippen LogP contribution in [0.5, 0.6) is 0 Å². The van der Waals surface area contributed by atoms with Crippen molar-refractivity contribution in [3.05, 3.63) is 75.0 Å². The van der Waals surface area contributed by atoms with Gasteiger partial charge in [-0.3, -0.25) is 9.69 Å². The molecule has 2 aromatic carbocycles. The molecule has 11 heteroatoms. The van der Waals surface area contributed by atoms with E-state index in [1.54, 1.807) is 35.7 Å². The van der Waals surface area contributed by atoms with E-state index in [0.717, 1.165) is 36.6 Å². The highest BCUT2D eigenvalue weighted by Gasteiger charge is 2.28. The van der Waals surface area contributed by atoms with Gasteiger partial charge in [0.1, 0.15) is 5.82 Å². The van der Waals surface area contributed by atoms with Gasteiger partial charge in [-0.1, -0.05) is 30.1 Å². The molecular weight excluding hydrogens is 596 g/mol. The van der Waals surface area contributed by atoms with Gasteiger partial charge in [0.05, 0.1) is 27.5 Å². The summed E-state index contributed by atoms with van der Waals surface area (Å²) in [7, 11) is 0. The first kappa shape index (κ1) is 31.3. The number of likely N-dealkylation sites (N-methyl/N-ethyl adjacent to an activating group) is 1. The van der Waals surface area contributed by atoms with Gasteiger partial charge < -0.3 is 15.2 Å². The van der Waals surface area contributed by atoms with E-state index in [2.05, 4.69) is 51.2 Å². The summed E-state index contributed by atoms with van der Waals surface area (Å²) in [6.07, 6.45) is 1.78. The highest BCUT2D eigenvalue weighted by molar-refractivity contribution is 7.08. The van der Waals surface area contributed by atoms with E-state index in [1.807, 2.05) is 29.6 Å². The number of rotatable bonds is 6. The molecule has 0 radical (unpaired) electrons. The highest BCUT2D eigenvalue weighted by Crippen LogP contribution is 2.32. The van der Waals surface area contributed by atoms with Gasteiger partial charge in [0.15, 0.2) is 0 Å². The van der Waals surface area contributed by atoms with Crippen LogP contribution in [0, 0.1) is 0 Å². The maximum absolute atomic E-state index is 13.1. The molecule has 0 aliphatic carbocycles. The Labute approximate surface area is 255 Å². The number of anilines is 2. The number of piperazine rings is 1. The molecule has 2 aromatic heterocycles. The van der Waals surface area contributed by atoms with Gasteiger partial charge in [-0.15, -0.1) is 24.8 Å². The number of nitrogens with one attached hydrogen (secondary N) is 2. The lowest BCUT2D eigenvalue weighted by Crippen LogP contribution is -2.56. The summed E-state index contributed by atoms with van der Waals surface area (Å²) in [4.78, 5) is 25.8. The molecule has 3 heterocycles. The second kappa shape index (κ2) is 13.4. The van der Waals surface area contributed by atoms with E-state index in [1.165, 1.54) is 0 Å². The standard InChI is InChI=1S/C28H29Cl2N5OS.2ClH/c1-4-35-17(2)14-34(15-18(35)3)21-6-7-22(25(30)12-21)28(36)32-20-5-8-24(29)23(11-20)27-31-13-26(33-27)19-9-10-37-16-19;;/h5-13,16-18H,4,14-15H2,1-3H3,(H,31,33)(H,32,36);2*1H/t17-,18+;;. The summed E-state index contributed by atoms with van der Waals surface area (Å²) in [5, 5.41) is 7.99. The van der Waals surface area contributed by atoms with Crippen molar-refractivity contribution in [3.8, 4) is 22.6 Å². The van der Waals surface area contributed by atoms with Crippen molar-refractivity contribution in [1.29, 1.82) is 0 Å². The van der Waals surface area contributed by atoms with Crippen molar-refractivity contribution >= 4 is 76.6 Å². The molecule has 6 nitrogen and oxygen atoms in total. The van der Waals surface area contributed by atoms with Crippen LogP contribution in [0.25, 0.3) is 22.6 Å². The zero-order valence-electron chi connectivity index (χ0n) is 21.8. The predicted molar refractivity (Wildman–Crippen MR) is 170 cm³/mol. The number of thiophene rings is 1. The Bertz CT molecular complexity index is 1400. The number of benzene rings is 2. The molecule has 0 unspecified atom stereocenters. The fourth-order valence-corrected chi connectivity index (χ4v) is 6.20. The minimum Gasteiger partial charge on any atom is -0.368 e. The number of H-pyrrole nitrogens is 1. The SMILES string of the molecule is CCN1[C@H](C)CN(c2ccc(C(=O)Nc3ccc(Cl)c(-c4ncc(-c5ccsc5)[nH]4)c3)c(Cl)c2)C[C@@H]1C.Cl.Cl. The van der Waals surface area contributed by atoms with E-state index in [0.29, 0.717) is 44.8 Å². The quantitative estimate of drug-likeness (QED) is 0.227. The van der Waals surface area contributed by atoms with E-state index in [4.69, 9.17) is 23.2 Å². The number of carbonyl (C=O) groups excluding carboxylic acids is 1. The molecule has 1 fully saturated rings. The normalized spacial score (nSPS) is 17.3. The van der Waals surface area contributed by atoms with Crippen molar-refractivity contribution < 1.29 is 4.79 Å². The number of nitrogens with zero attached hydrogens (tertiary/aromatic N) is 3. The number of carbonyl (C=O) groups is 1. The van der Waals surface area contributed by atoms with E-state index in [-0.39, 0.29) is 30.7 Å². The Hall–Kier alpha value is -2.26. The van der Waals surface area contributed by atoms with Gasteiger partial charge in [0, 0.05) is 53.1 Å². The molecule has 4 aromatic rings. The third-order valence-electron chi connectivity index (χ3n) is 6.92. The molecular formula is C28H31Cl4N5OS. The second-order valence-electron chi connectivity index (χ2n) is 9.40. The highest BCUT2D eigenvalue weighted by atomic mass is 35.5. The monoisotopic (exact) mass is 625 g/mol. The van der Waals surface area contributed by atoms with Crippen LogP contribution < -0.4 is 10.2 Å². The van der Waals surface area contributed by atoms with Gasteiger partial charge in [-0.05, 0) is 68.2 Å². The number of aromatic amines is 1. The summed E-state index contributed by atoms with van der Waals surface area (Å²) in [5.74, 6) is 0.358. The Morgan fingerprint density at radius 3 is 2.46 bits per heavy atom. The van der Waals surface area contributed by atoms with Gasteiger partial charge in [0.25, 0.3) is 5.91 Å². The van der Waals surface area contributed by atoms with Gasteiger partial charge in [-0.25, -0.2) is 4.98 Å². The molecule has 39 heavy (non-hydrogen) atoms. The molecule has 2 atom stereocenters. The van der Waals surface area contributed by atoms with Crippen LogP contribution in [0.1, 0.15) is 31.1 Å². The third-order valence-corrected chi connectivity index (χ3v) is 8.24. The van der Waals surface area contributed by atoms with Crippen molar-refractivity contribution in [2.24, 2.45) is 0 Å². The molecule has 0 bridgehead atoms. The van der Waals surface area contributed by atoms with Crippen LogP contribution in [0.4, 0.5) is 11.4 Å². The van der Waals surface area contributed by atoms with Crippen LogP contribution in [0.3, 0.4) is 0 Å². The fourth-order valence-electron chi connectivity index (χ4n) is 5.08. The largest absolute Gasteiger partial charge is 0.368 e. The summed E-state index contributed by atoms with van der Waals surface area (Å²) in [6.45, 7) is 9.60. The first-order chi connectivity index (χ1) is 17.8. The number of aromatic nitrogens is 2. The van der Waals surface area contributed by atoms with Gasteiger partial charge >= 0.3 is 0 Å². The average molecular weight is 627 g/mol. The molecule has 5 rings (SSSR count). The smallest absolute Gasteiger partial charge is 0.257 e. The maximum atomic E-state index is 13.1. The van der Waals surface area contributed by atoms with E-state index >= 15 is 0 Å². The summed E-state index contributed by atoms with van der Waals surface area (Å²) in [6, 6.07) is 13.9. The fraction of sp³-hybridized carbons (Fsp3) is 0.286. The van der Waals surface area contributed by atoms with Crippen molar-refractivity contribution in [2.45, 2.75) is 32.9 Å². The van der Waals surface area contributed by atoms with Crippen LogP contribution >= 0.6 is 59.4 Å². The zero-order chi connectivity index (χ0) is 26.1. The van der Waals surface area contributed by atoms with Gasteiger partial charge in [-0.2, -0.15) is 11.3 Å². The first-order valence-corrected chi connectivity index (χ1v) is 14.0. The second-order valence-corrected chi connectivity index (χ2v) is 11.0. The first-order valence-electron chi connectivity index (χ1n) is 12.3. The number of amides is 1. The van der Waals surface area contributed by atoms with E-state index in [9.17, 15) is 4.79 Å². The molecule has 208 valence electrons. The molecule has 0 saturated carbocycles. The minimum atomic E-state index is -0.277. The molecule has 1 saturated heterocycles. The lowest BCUT2D eigenvalue weighted by Gasteiger charge is -2.45. The lowest BCUT2D eigenvalue weighted by molar-refractivity contribution is 0.102. The van der Waals surface area contributed by atoms with Crippen LogP contribution in [0.2, 0.25) is 10.0 Å². The Balaban J connectivity index is 0.00000210. The molecule has 2 N–H and O–H groups in total. The van der Waals surface area contributed by atoms with Gasteiger partial charge in [0.2, 0.25) is 0 Å². The Kier molecular flexibility index (Phi) is 10.7. The average Bonchev–Trinajstić information content (AvgIpc) is 3.57. The summed E-state index contributed by atoms with van der Waals surface area (Å²) >= 11 is 14.7. The number of imidazole rings is 1. The van der Waals surface area contributed by atoms with Crippen LogP contribution in [0.15, 0.2) is 59.4 Å². The zero-order valence-corrected chi connectivity index (χ0v) is 25.7. The molecule has 1 aliphatic rings. The maximum Gasteiger partial charge on any atom is 0.257 e. The van der Waals surface area contributed by atoms with E-state index < -0.39 is 0 Å². The summed E-state index contributed by atoms with van der Waals surface area (Å²) in [5.41, 5.74) is 4.75. The number of hydrogen-bond acceptors (Lipinski definition) is 5. The Morgan fingerprint density at radius 1 is 1.08 bits per heavy atom. The molecule has 1 amide bonds. The minimum absolute atomic E-state index is 0. The molecule has 0 spiro atoms. The summed E-state index contributed by atoms with van der Waals surface area (Å²) < 4.78 is 0. The Morgan fingerprint density at radius 2 is 1.82 bits per heavy atom. The topological polar surface area (TPSA) is 64.3 Å². The predicted octanol–water partition coefficient (Wildman–Crippen LogP) is 8.13. The van der Waals surface area contributed by atoms with Crippen LogP contribution in [-0.2, 0) is 0 Å². The van der Waals surface area contributed by atoms with Crippen LogP contribution in [-0.4, -0.2) is 52.5 Å². The van der Waals surface area contributed by atoms with Crippen molar-refractivity contribution in [1.82, 2.24) is 14.9 Å². The lowest BCUT2D eigenvalue weighted by atomic mass is 10.1. The third kappa shape index (κ3) is 6.73. The molecule has 1 aliphatic heterocycles. The number of hydrogen-bond donors (Lipinski definition) is 2. The van der Waals surface area contributed by atoms with Crippen molar-refractivity contribution in [3.63, 3.8) is 0 Å². The number of halogens is 4.